The fraction of sp³-hybridized carbons (Fsp3) is 1.00. The van der Waals surface area contributed by atoms with E-state index in [1.807, 2.05) is 0 Å². The maximum Gasteiger partial charge on any atom is 0.0730 e. The number of rotatable bonds is 7. The lowest BCUT2D eigenvalue weighted by Crippen LogP contribution is -2.48. The lowest BCUT2D eigenvalue weighted by atomic mass is 9.96. The fourth-order valence-corrected chi connectivity index (χ4v) is 3.65. The summed E-state index contributed by atoms with van der Waals surface area (Å²) >= 11 is 0. The van der Waals surface area contributed by atoms with Crippen LogP contribution < -0.4 is 5.73 Å². The third kappa shape index (κ3) is 3.69. The number of hydrogen-bond donors (Lipinski definition) is 1. The Hall–Kier alpha value is -0.120. The molecular weight excluding hydrogens is 224 g/mol. The molecule has 3 atom stereocenters. The molecule has 0 aromatic heterocycles. The van der Waals surface area contributed by atoms with E-state index in [1.54, 1.807) is 0 Å². The smallest absolute Gasteiger partial charge is 0.0730 e. The average molecular weight is 254 g/mol. The molecule has 0 amide bonds. The monoisotopic (exact) mass is 254 g/mol. The van der Waals surface area contributed by atoms with Gasteiger partial charge in [0.15, 0.2) is 0 Å². The summed E-state index contributed by atoms with van der Waals surface area (Å²) in [7, 11) is 0. The first kappa shape index (κ1) is 14.3. The molecule has 3 nitrogen and oxygen atoms in total. The van der Waals surface area contributed by atoms with E-state index in [0.29, 0.717) is 6.10 Å². The largest absolute Gasteiger partial charge is 0.375 e. The zero-order chi connectivity index (χ0) is 12.8. The molecule has 0 radical (unpaired) electrons. The summed E-state index contributed by atoms with van der Waals surface area (Å²) < 4.78 is 5.86. The Kier molecular flexibility index (Phi) is 5.93. The minimum atomic E-state index is 0.546. The molecule has 3 unspecified atom stereocenters. The molecule has 1 aliphatic carbocycles. The Morgan fingerprint density at radius 3 is 3.00 bits per heavy atom. The second-order valence-corrected chi connectivity index (χ2v) is 5.94. The normalized spacial score (nSPS) is 30.3. The maximum atomic E-state index is 5.86. The molecule has 0 bridgehead atoms. The van der Waals surface area contributed by atoms with Crippen LogP contribution in [0.4, 0.5) is 0 Å². The van der Waals surface area contributed by atoms with Crippen molar-refractivity contribution < 1.29 is 4.74 Å². The van der Waals surface area contributed by atoms with Crippen LogP contribution in [0.1, 0.15) is 51.9 Å². The number of hydrogen-bond acceptors (Lipinski definition) is 3. The van der Waals surface area contributed by atoms with Gasteiger partial charge in [0.25, 0.3) is 0 Å². The molecule has 1 saturated heterocycles. The molecule has 3 heteroatoms. The van der Waals surface area contributed by atoms with E-state index in [1.165, 1.54) is 51.5 Å². The molecule has 18 heavy (non-hydrogen) atoms. The van der Waals surface area contributed by atoms with Crippen LogP contribution in [0.15, 0.2) is 0 Å². The van der Waals surface area contributed by atoms with Crippen LogP contribution in [0.3, 0.4) is 0 Å². The molecular formula is C15H30N2O. The average Bonchev–Trinajstić information content (AvgIpc) is 2.86. The number of nitrogens with zero attached hydrogens (tertiary/aromatic N) is 1. The SMILES string of the molecule is CCC(CCN)CCCN1CCOC2CCCC21. The van der Waals surface area contributed by atoms with E-state index in [-0.39, 0.29) is 0 Å². The highest BCUT2D eigenvalue weighted by Crippen LogP contribution is 2.30. The van der Waals surface area contributed by atoms with Gasteiger partial charge in [0.05, 0.1) is 12.7 Å². The van der Waals surface area contributed by atoms with E-state index in [9.17, 15) is 0 Å². The lowest BCUT2D eigenvalue weighted by Gasteiger charge is -2.37. The summed E-state index contributed by atoms with van der Waals surface area (Å²) in [4.78, 5) is 2.69. The molecule has 2 N–H and O–H groups in total. The van der Waals surface area contributed by atoms with Crippen LogP contribution in [0.2, 0.25) is 0 Å². The predicted molar refractivity (Wildman–Crippen MR) is 75.6 cm³/mol. The molecule has 0 spiro atoms. The summed E-state index contributed by atoms with van der Waals surface area (Å²) in [5.41, 5.74) is 5.66. The molecule has 0 aromatic carbocycles. The second-order valence-electron chi connectivity index (χ2n) is 5.94. The maximum absolute atomic E-state index is 5.86. The van der Waals surface area contributed by atoms with Gasteiger partial charge in [-0.25, -0.2) is 0 Å². The number of morpholine rings is 1. The van der Waals surface area contributed by atoms with Crippen molar-refractivity contribution in [2.75, 3.05) is 26.2 Å². The van der Waals surface area contributed by atoms with E-state index in [2.05, 4.69) is 11.8 Å². The van der Waals surface area contributed by atoms with E-state index in [4.69, 9.17) is 10.5 Å². The molecule has 2 rings (SSSR count). The Morgan fingerprint density at radius 2 is 2.22 bits per heavy atom. The van der Waals surface area contributed by atoms with Gasteiger partial charge in [-0.15, -0.1) is 0 Å². The second kappa shape index (κ2) is 7.46. The molecule has 1 heterocycles. The van der Waals surface area contributed by atoms with Gasteiger partial charge < -0.3 is 10.5 Å². The van der Waals surface area contributed by atoms with Crippen LogP contribution in [0.5, 0.6) is 0 Å². The molecule has 2 aliphatic rings. The highest BCUT2D eigenvalue weighted by molar-refractivity contribution is 4.89. The van der Waals surface area contributed by atoms with Crippen molar-refractivity contribution in [1.29, 1.82) is 0 Å². The van der Waals surface area contributed by atoms with Gasteiger partial charge in [-0.1, -0.05) is 13.3 Å². The van der Waals surface area contributed by atoms with Gasteiger partial charge >= 0.3 is 0 Å². The quantitative estimate of drug-likeness (QED) is 0.758. The lowest BCUT2D eigenvalue weighted by molar-refractivity contribution is -0.0561. The third-order valence-electron chi connectivity index (χ3n) is 4.81. The fourth-order valence-electron chi connectivity index (χ4n) is 3.65. The minimum absolute atomic E-state index is 0.546. The van der Waals surface area contributed by atoms with Crippen LogP contribution in [-0.4, -0.2) is 43.3 Å². The molecule has 2 fully saturated rings. The van der Waals surface area contributed by atoms with E-state index in [0.717, 1.165) is 31.7 Å². The summed E-state index contributed by atoms with van der Waals surface area (Å²) in [5.74, 6) is 0.843. The standard InChI is InChI=1S/C15H30N2O/c1-2-13(8-9-16)5-4-10-17-11-12-18-15-7-3-6-14(15)17/h13-15H,2-12,16H2,1H3. The summed E-state index contributed by atoms with van der Waals surface area (Å²) in [5, 5.41) is 0. The first-order valence-electron chi connectivity index (χ1n) is 7.90. The Labute approximate surface area is 112 Å². The highest BCUT2D eigenvalue weighted by atomic mass is 16.5. The Bertz CT molecular complexity index is 235. The van der Waals surface area contributed by atoms with Crippen LogP contribution >= 0.6 is 0 Å². The van der Waals surface area contributed by atoms with Crippen molar-refractivity contribution in [1.82, 2.24) is 4.90 Å². The predicted octanol–water partition coefficient (Wildman–Crippen LogP) is 2.39. The molecule has 1 aliphatic heterocycles. The number of ether oxygens (including phenoxy) is 1. The summed E-state index contributed by atoms with van der Waals surface area (Å²) in [6, 6.07) is 0.730. The van der Waals surface area contributed by atoms with Crippen molar-refractivity contribution in [3.05, 3.63) is 0 Å². The topological polar surface area (TPSA) is 38.5 Å². The van der Waals surface area contributed by atoms with Crippen molar-refractivity contribution in [2.24, 2.45) is 11.7 Å². The van der Waals surface area contributed by atoms with Gasteiger partial charge in [0.2, 0.25) is 0 Å². The van der Waals surface area contributed by atoms with Crippen LogP contribution in [-0.2, 0) is 4.74 Å². The summed E-state index contributed by atoms with van der Waals surface area (Å²) in [6.07, 6.45) is 9.71. The summed E-state index contributed by atoms with van der Waals surface area (Å²) in [6.45, 7) is 6.50. The number of nitrogens with two attached hydrogens (primary N) is 1. The first-order valence-corrected chi connectivity index (χ1v) is 7.90. The molecule has 0 aromatic rings. The van der Waals surface area contributed by atoms with Crippen molar-refractivity contribution >= 4 is 0 Å². The number of fused-ring (bicyclic) bond motifs is 1. The van der Waals surface area contributed by atoms with Gasteiger partial charge in [0, 0.05) is 12.6 Å². The zero-order valence-corrected chi connectivity index (χ0v) is 11.9. The van der Waals surface area contributed by atoms with Crippen LogP contribution in [0.25, 0.3) is 0 Å². The van der Waals surface area contributed by atoms with Crippen molar-refractivity contribution in [3.8, 4) is 0 Å². The van der Waals surface area contributed by atoms with E-state index < -0.39 is 0 Å². The van der Waals surface area contributed by atoms with E-state index >= 15 is 0 Å². The van der Waals surface area contributed by atoms with Gasteiger partial charge in [0.1, 0.15) is 0 Å². The van der Waals surface area contributed by atoms with Crippen molar-refractivity contribution in [3.63, 3.8) is 0 Å². The van der Waals surface area contributed by atoms with Gasteiger partial charge in [-0.3, -0.25) is 4.90 Å². The zero-order valence-electron chi connectivity index (χ0n) is 11.9. The third-order valence-corrected chi connectivity index (χ3v) is 4.81. The first-order chi connectivity index (χ1) is 8.85. The Morgan fingerprint density at radius 1 is 1.33 bits per heavy atom. The highest BCUT2D eigenvalue weighted by Gasteiger charge is 2.35. The Balaban J connectivity index is 1.69. The van der Waals surface area contributed by atoms with Gasteiger partial charge in [-0.2, -0.15) is 0 Å². The van der Waals surface area contributed by atoms with Crippen LogP contribution in [0, 0.1) is 5.92 Å². The minimum Gasteiger partial charge on any atom is -0.375 e. The van der Waals surface area contributed by atoms with Crippen molar-refractivity contribution in [2.45, 2.75) is 64.0 Å². The molecule has 1 saturated carbocycles. The van der Waals surface area contributed by atoms with Gasteiger partial charge in [-0.05, 0) is 57.5 Å². The molecule has 106 valence electrons.